The molecule has 0 saturated carbocycles. The lowest BCUT2D eigenvalue weighted by molar-refractivity contribution is -0.146. The van der Waals surface area contributed by atoms with Crippen LogP contribution in [0.1, 0.15) is 37.2 Å². The molecule has 2 amide bonds. The molecule has 1 atom stereocenters. The Morgan fingerprint density at radius 2 is 1.83 bits per heavy atom. The number of nitrogens with one attached hydrogen (secondary N) is 1. The zero-order valence-electron chi connectivity index (χ0n) is 16.8. The maximum atomic E-state index is 13.0. The number of benzene rings is 1. The number of aliphatic carboxylic acids is 1. The Kier molecular flexibility index (Phi) is 6.17. The summed E-state index contributed by atoms with van der Waals surface area (Å²) >= 11 is 6.05. The topological polar surface area (TPSA) is 91.6 Å². The van der Waals surface area contributed by atoms with Crippen molar-refractivity contribution in [1.29, 1.82) is 0 Å². The zero-order valence-corrected chi connectivity index (χ0v) is 17.6. The van der Waals surface area contributed by atoms with Crippen LogP contribution < -0.4 is 5.32 Å². The van der Waals surface area contributed by atoms with E-state index >= 15 is 0 Å². The molecule has 0 radical (unpaired) electrons. The van der Waals surface area contributed by atoms with Gasteiger partial charge in [-0.1, -0.05) is 25.4 Å². The van der Waals surface area contributed by atoms with Gasteiger partial charge in [0.2, 0.25) is 5.91 Å². The Labute approximate surface area is 174 Å². The van der Waals surface area contributed by atoms with Crippen molar-refractivity contribution < 1.29 is 19.5 Å². The molecule has 7 nitrogen and oxygen atoms in total. The van der Waals surface area contributed by atoms with Crippen LogP contribution in [0.5, 0.6) is 0 Å². The van der Waals surface area contributed by atoms with E-state index in [2.05, 4.69) is 5.32 Å². The fraction of sp³-hybridized carbons (Fsp3) is 0.476. The number of nitrogens with zero attached hydrogens (tertiary/aromatic N) is 2. The van der Waals surface area contributed by atoms with E-state index in [1.165, 1.54) is 0 Å². The van der Waals surface area contributed by atoms with E-state index in [0.29, 0.717) is 36.6 Å². The normalized spacial score (nSPS) is 16.2. The Bertz CT molecular complexity index is 945. The van der Waals surface area contributed by atoms with Crippen molar-refractivity contribution in [3.8, 4) is 0 Å². The first kappa shape index (κ1) is 21.2. The molecule has 2 heterocycles. The van der Waals surface area contributed by atoms with Crippen molar-refractivity contribution in [3.63, 3.8) is 0 Å². The lowest BCUT2D eigenvalue weighted by Crippen LogP contribution is -2.53. The van der Waals surface area contributed by atoms with Crippen LogP contribution in [0.3, 0.4) is 0 Å². The number of halogens is 1. The number of aromatic nitrogens is 1. The number of fused-ring (bicyclic) bond motifs is 1. The Morgan fingerprint density at radius 1 is 1.17 bits per heavy atom. The maximum absolute atomic E-state index is 13.0. The van der Waals surface area contributed by atoms with E-state index in [4.69, 9.17) is 16.7 Å². The maximum Gasteiger partial charge on any atom is 0.306 e. The molecule has 0 spiro atoms. The number of hydrogen-bond donors (Lipinski definition) is 2. The van der Waals surface area contributed by atoms with E-state index < -0.39 is 17.9 Å². The molecule has 1 aliphatic rings. The second kappa shape index (κ2) is 8.45. The van der Waals surface area contributed by atoms with Crippen LogP contribution in [0.15, 0.2) is 24.3 Å². The van der Waals surface area contributed by atoms with Gasteiger partial charge in [0.15, 0.2) is 0 Å². The molecule has 0 unspecified atom stereocenters. The standard InChI is InChI=1S/C21H26ClN3O4/c1-12(2)18(20(27)25-8-6-13(7-9-25)21(28)29)23-19(26)17-11-14-10-15(22)4-5-16(14)24(17)3/h4-5,10-13,18H,6-9H2,1-3H3,(H,23,26)(H,28,29)/t18-/m0/s1. The molecule has 29 heavy (non-hydrogen) atoms. The van der Waals surface area contributed by atoms with Gasteiger partial charge in [-0.15, -0.1) is 0 Å². The molecule has 2 aromatic rings. The van der Waals surface area contributed by atoms with Gasteiger partial charge in [-0.3, -0.25) is 14.4 Å². The summed E-state index contributed by atoms with van der Waals surface area (Å²) in [5, 5.41) is 13.5. The quantitative estimate of drug-likeness (QED) is 0.779. The largest absolute Gasteiger partial charge is 0.481 e. The molecule has 0 aliphatic carbocycles. The summed E-state index contributed by atoms with van der Waals surface area (Å²) in [5.41, 5.74) is 1.33. The van der Waals surface area contributed by atoms with Crippen LogP contribution in [0.2, 0.25) is 5.02 Å². The van der Waals surface area contributed by atoms with Crippen LogP contribution in [-0.2, 0) is 16.6 Å². The minimum absolute atomic E-state index is 0.104. The van der Waals surface area contributed by atoms with Crippen molar-refractivity contribution >= 4 is 40.3 Å². The van der Waals surface area contributed by atoms with Crippen LogP contribution in [-0.4, -0.2) is 51.5 Å². The molecule has 0 bridgehead atoms. The SMILES string of the molecule is CC(C)[C@H](NC(=O)c1cc2cc(Cl)ccc2n1C)C(=O)N1CCC(C(=O)O)CC1. The first-order valence-corrected chi connectivity index (χ1v) is 10.1. The smallest absolute Gasteiger partial charge is 0.306 e. The molecule has 8 heteroatoms. The molecule has 1 aromatic carbocycles. The number of likely N-dealkylation sites (tertiary alicyclic amines) is 1. The zero-order chi connectivity index (χ0) is 21.3. The molecule has 3 rings (SSSR count). The number of hydrogen-bond acceptors (Lipinski definition) is 3. The summed E-state index contributed by atoms with van der Waals surface area (Å²) in [4.78, 5) is 38.8. The number of aryl methyl sites for hydroxylation is 1. The van der Waals surface area contributed by atoms with Crippen molar-refractivity contribution in [1.82, 2.24) is 14.8 Å². The van der Waals surface area contributed by atoms with E-state index in [9.17, 15) is 14.4 Å². The van der Waals surface area contributed by atoms with Crippen molar-refractivity contribution in [2.45, 2.75) is 32.7 Å². The minimum Gasteiger partial charge on any atom is -0.481 e. The Balaban J connectivity index is 1.75. The number of piperidine rings is 1. The van der Waals surface area contributed by atoms with Gasteiger partial charge >= 0.3 is 5.97 Å². The van der Waals surface area contributed by atoms with Gasteiger partial charge in [0.05, 0.1) is 5.92 Å². The molecule has 1 fully saturated rings. The lowest BCUT2D eigenvalue weighted by atomic mass is 9.95. The number of rotatable bonds is 5. The van der Waals surface area contributed by atoms with E-state index in [1.54, 1.807) is 34.7 Å². The fourth-order valence-corrected chi connectivity index (χ4v) is 3.99. The van der Waals surface area contributed by atoms with Crippen LogP contribution in [0.25, 0.3) is 10.9 Å². The summed E-state index contributed by atoms with van der Waals surface area (Å²) in [5.74, 6) is -1.82. The average Bonchev–Trinajstić information content (AvgIpc) is 3.01. The minimum atomic E-state index is -0.818. The van der Waals surface area contributed by atoms with Gasteiger partial charge in [0.25, 0.3) is 5.91 Å². The number of carboxylic acids is 1. The summed E-state index contributed by atoms with van der Waals surface area (Å²) in [6.07, 6.45) is 0.869. The second-order valence-corrected chi connectivity index (χ2v) is 8.36. The third-order valence-corrected chi connectivity index (χ3v) is 5.85. The highest BCUT2D eigenvalue weighted by Crippen LogP contribution is 2.23. The molecule has 2 N–H and O–H groups in total. The highest BCUT2D eigenvalue weighted by molar-refractivity contribution is 6.31. The number of carbonyl (C=O) groups is 3. The van der Waals surface area contributed by atoms with Gasteiger partial charge in [0.1, 0.15) is 11.7 Å². The van der Waals surface area contributed by atoms with Crippen molar-refractivity contribution in [2.75, 3.05) is 13.1 Å². The van der Waals surface area contributed by atoms with Gasteiger partial charge in [-0.25, -0.2) is 0 Å². The van der Waals surface area contributed by atoms with Gasteiger partial charge < -0.3 is 19.9 Å². The predicted octanol–water partition coefficient (Wildman–Crippen LogP) is 2.91. The summed E-state index contributed by atoms with van der Waals surface area (Å²) in [6.45, 7) is 4.55. The number of carbonyl (C=O) groups excluding carboxylic acids is 2. The molecular weight excluding hydrogens is 394 g/mol. The predicted molar refractivity (Wildman–Crippen MR) is 111 cm³/mol. The fourth-order valence-electron chi connectivity index (χ4n) is 3.81. The molecule has 1 saturated heterocycles. The highest BCUT2D eigenvalue weighted by atomic mass is 35.5. The van der Waals surface area contributed by atoms with E-state index in [0.717, 1.165) is 10.9 Å². The van der Waals surface area contributed by atoms with Crippen molar-refractivity contribution in [3.05, 3.63) is 35.0 Å². The third kappa shape index (κ3) is 4.40. The van der Waals surface area contributed by atoms with E-state index in [1.807, 2.05) is 19.9 Å². The van der Waals surface area contributed by atoms with Gasteiger partial charge in [0, 0.05) is 36.1 Å². The van der Waals surface area contributed by atoms with E-state index in [-0.39, 0.29) is 17.7 Å². The van der Waals surface area contributed by atoms with Crippen LogP contribution in [0, 0.1) is 11.8 Å². The lowest BCUT2D eigenvalue weighted by Gasteiger charge is -2.34. The van der Waals surface area contributed by atoms with Crippen LogP contribution in [0.4, 0.5) is 0 Å². The van der Waals surface area contributed by atoms with Gasteiger partial charge in [-0.05, 0) is 43.0 Å². The number of amides is 2. The number of carboxylic acid groups (broad SMARTS) is 1. The summed E-state index contributed by atoms with van der Waals surface area (Å²) in [7, 11) is 1.80. The van der Waals surface area contributed by atoms with Gasteiger partial charge in [-0.2, -0.15) is 0 Å². The summed E-state index contributed by atoms with van der Waals surface area (Å²) < 4.78 is 1.78. The first-order valence-electron chi connectivity index (χ1n) is 9.76. The molecular formula is C21H26ClN3O4. The van der Waals surface area contributed by atoms with Crippen molar-refractivity contribution in [2.24, 2.45) is 18.9 Å². The Hall–Kier alpha value is -2.54. The summed E-state index contributed by atoms with van der Waals surface area (Å²) in [6, 6.07) is 6.51. The first-order chi connectivity index (χ1) is 13.7. The monoisotopic (exact) mass is 419 g/mol. The average molecular weight is 420 g/mol. The second-order valence-electron chi connectivity index (χ2n) is 7.92. The highest BCUT2D eigenvalue weighted by Gasteiger charge is 2.33. The molecule has 1 aliphatic heterocycles. The molecule has 156 valence electrons. The third-order valence-electron chi connectivity index (χ3n) is 5.61. The van der Waals surface area contributed by atoms with Crippen LogP contribution >= 0.6 is 11.6 Å². The Morgan fingerprint density at radius 3 is 2.41 bits per heavy atom. The molecule has 1 aromatic heterocycles.